The van der Waals surface area contributed by atoms with Crippen molar-refractivity contribution in [2.75, 3.05) is 0 Å². The molecule has 1 nitrogen and oxygen atoms in total. The van der Waals surface area contributed by atoms with Gasteiger partial charge < -0.3 is 4.74 Å². The van der Waals surface area contributed by atoms with Crippen LogP contribution in [-0.4, -0.2) is 5.05 Å². The number of ether oxygens (including phenoxy) is 1. The predicted octanol–water partition coefficient (Wildman–Crippen LogP) is 3.83. The van der Waals surface area contributed by atoms with Crippen LogP contribution in [0.3, 0.4) is 0 Å². The molecule has 0 rings (SSSR count). The standard InChI is InChI=1S/C10H18OS/c1-3-5-6-7-8-9-10(12)11-4-2/h4H,2-3,5-9H2,1H3. The highest BCUT2D eigenvalue weighted by molar-refractivity contribution is 7.80. The second kappa shape index (κ2) is 8.72. The molecule has 0 bridgehead atoms. The molecular weight excluding hydrogens is 168 g/mol. The van der Waals surface area contributed by atoms with Gasteiger partial charge in [0.2, 0.25) is 0 Å². The monoisotopic (exact) mass is 186 g/mol. The highest BCUT2D eigenvalue weighted by atomic mass is 32.1. The van der Waals surface area contributed by atoms with Crippen LogP contribution < -0.4 is 0 Å². The average Bonchev–Trinajstić information content (AvgIpc) is 2.05. The van der Waals surface area contributed by atoms with Crippen molar-refractivity contribution in [2.24, 2.45) is 0 Å². The van der Waals surface area contributed by atoms with Crippen molar-refractivity contribution in [3.05, 3.63) is 12.8 Å². The summed E-state index contributed by atoms with van der Waals surface area (Å²) in [6, 6.07) is 0. The van der Waals surface area contributed by atoms with Crippen molar-refractivity contribution in [1.82, 2.24) is 0 Å². The summed E-state index contributed by atoms with van der Waals surface area (Å²) in [7, 11) is 0. The number of hydrogen-bond donors (Lipinski definition) is 0. The Bertz CT molecular complexity index is 132. The number of unbranched alkanes of at least 4 members (excludes halogenated alkanes) is 4. The van der Waals surface area contributed by atoms with E-state index in [2.05, 4.69) is 13.5 Å². The van der Waals surface area contributed by atoms with Crippen LogP contribution in [0.15, 0.2) is 12.8 Å². The zero-order valence-electron chi connectivity index (χ0n) is 7.84. The summed E-state index contributed by atoms with van der Waals surface area (Å²) in [5, 5.41) is 0.668. The summed E-state index contributed by atoms with van der Waals surface area (Å²) in [6.07, 6.45) is 8.62. The van der Waals surface area contributed by atoms with E-state index in [4.69, 9.17) is 17.0 Å². The second-order valence-corrected chi connectivity index (χ2v) is 3.28. The molecule has 0 aliphatic carbocycles. The van der Waals surface area contributed by atoms with Gasteiger partial charge in [0.05, 0.1) is 6.26 Å². The van der Waals surface area contributed by atoms with Gasteiger partial charge in [0, 0.05) is 6.42 Å². The predicted molar refractivity (Wildman–Crippen MR) is 57.3 cm³/mol. The van der Waals surface area contributed by atoms with Gasteiger partial charge in [-0.1, -0.05) is 39.2 Å². The molecule has 0 atom stereocenters. The zero-order chi connectivity index (χ0) is 9.23. The van der Waals surface area contributed by atoms with Crippen LogP contribution in [0.4, 0.5) is 0 Å². The minimum Gasteiger partial charge on any atom is -0.459 e. The summed E-state index contributed by atoms with van der Waals surface area (Å²) < 4.78 is 4.94. The van der Waals surface area contributed by atoms with Crippen molar-refractivity contribution >= 4 is 17.3 Å². The van der Waals surface area contributed by atoms with E-state index >= 15 is 0 Å². The van der Waals surface area contributed by atoms with Gasteiger partial charge in [0.25, 0.3) is 0 Å². The van der Waals surface area contributed by atoms with Crippen LogP contribution in [-0.2, 0) is 4.74 Å². The Morgan fingerprint density at radius 3 is 2.58 bits per heavy atom. The van der Waals surface area contributed by atoms with Gasteiger partial charge in [-0.05, 0) is 18.6 Å². The summed E-state index contributed by atoms with van der Waals surface area (Å²) in [4.78, 5) is 0. The fraction of sp³-hybridized carbons (Fsp3) is 0.700. The van der Waals surface area contributed by atoms with Crippen molar-refractivity contribution in [3.8, 4) is 0 Å². The fourth-order valence-electron chi connectivity index (χ4n) is 1.02. The minimum absolute atomic E-state index is 0.668. The highest BCUT2D eigenvalue weighted by Crippen LogP contribution is 2.06. The quantitative estimate of drug-likeness (QED) is 0.339. The topological polar surface area (TPSA) is 9.23 Å². The van der Waals surface area contributed by atoms with Gasteiger partial charge in [-0.15, -0.1) is 0 Å². The molecule has 0 fully saturated rings. The van der Waals surface area contributed by atoms with E-state index in [1.165, 1.54) is 31.9 Å². The molecule has 2 heteroatoms. The van der Waals surface area contributed by atoms with Gasteiger partial charge >= 0.3 is 0 Å². The first kappa shape index (κ1) is 11.6. The Hall–Kier alpha value is -0.370. The Morgan fingerprint density at radius 2 is 2.00 bits per heavy atom. The average molecular weight is 186 g/mol. The van der Waals surface area contributed by atoms with E-state index in [9.17, 15) is 0 Å². The lowest BCUT2D eigenvalue weighted by molar-refractivity contribution is 0.466. The highest BCUT2D eigenvalue weighted by Gasteiger charge is 1.95. The van der Waals surface area contributed by atoms with Crippen LogP contribution in [0.2, 0.25) is 0 Å². The Labute approximate surface area is 80.8 Å². The van der Waals surface area contributed by atoms with Crippen molar-refractivity contribution in [2.45, 2.75) is 45.4 Å². The molecule has 70 valence electrons. The van der Waals surface area contributed by atoms with E-state index in [0.717, 1.165) is 12.8 Å². The van der Waals surface area contributed by atoms with Crippen molar-refractivity contribution in [3.63, 3.8) is 0 Å². The maximum absolute atomic E-state index is 4.94. The molecule has 0 N–H and O–H groups in total. The lowest BCUT2D eigenvalue weighted by Gasteiger charge is -2.01. The second-order valence-electron chi connectivity index (χ2n) is 2.82. The molecule has 0 aromatic heterocycles. The lowest BCUT2D eigenvalue weighted by atomic mass is 10.1. The van der Waals surface area contributed by atoms with Crippen LogP contribution in [0.25, 0.3) is 0 Å². The number of rotatable bonds is 7. The Balaban J connectivity index is 3.08. The Morgan fingerprint density at radius 1 is 1.33 bits per heavy atom. The normalized spacial score (nSPS) is 9.42. The summed E-state index contributed by atoms with van der Waals surface area (Å²) >= 11 is 4.94. The summed E-state index contributed by atoms with van der Waals surface area (Å²) in [5.41, 5.74) is 0. The summed E-state index contributed by atoms with van der Waals surface area (Å²) in [6.45, 7) is 5.66. The molecule has 0 radical (unpaired) electrons. The van der Waals surface area contributed by atoms with E-state index in [-0.39, 0.29) is 0 Å². The minimum atomic E-state index is 0.668. The molecule has 0 aromatic carbocycles. The van der Waals surface area contributed by atoms with Gasteiger partial charge in [0.15, 0.2) is 5.05 Å². The SMILES string of the molecule is C=COC(=S)CCCCCCC. The van der Waals surface area contributed by atoms with E-state index < -0.39 is 0 Å². The molecule has 0 saturated carbocycles. The summed E-state index contributed by atoms with van der Waals surface area (Å²) in [5.74, 6) is 0. The van der Waals surface area contributed by atoms with Crippen LogP contribution >= 0.6 is 12.2 Å². The Kier molecular flexibility index (Phi) is 8.46. The molecule has 12 heavy (non-hydrogen) atoms. The third-order valence-electron chi connectivity index (χ3n) is 1.70. The number of thiocarbonyl (C=S) groups is 1. The molecular formula is C10H18OS. The largest absolute Gasteiger partial charge is 0.459 e. The van der Waals surface area contributed by atoms with Gasteiger partial charge in [-0.2, -0.15) is 0 Å². The molecule has 0 spiro atoms. The molecule has 0 saturated heterocycles. The van der Waals surface area contributed by atoms with E-state index in [0.29, 0.717) is 5.05 Å². The molecule has 0 heterocycles. The van der Waals surface area contributed by atoms with Crippen molar-refractivity contribution in [1.29, 1.82) is 0 Å². The van der Waals surface area contributed by atoms with Gasteiger partial charge in [-0.25, -0.2) is 0 Å². The third kappa shape index (κ3) is 7.73. The fourth-order valence-corrected chi connectivity index (χ4v) is 1.24. The van der Waals surface area contributed by atoms with E-state index in [1.54, 1.807) is 0 Å². The first-order valence-corrected chi connectivity index (χ1v) is 5.02. The van der Waals surface area contributed by atoms with E-state index in [1.807, 2.05) is 0 Å². The maximum atomic E-state index is 4.94. The van der Waals surface area contributed by atoms with Gasteiger partial charge in [0.1, 0.15) is 0 Å². The zero-order valence-corrected chi connectivity index (χ0v) is 8.66. The van der Waals surface area contributed by atoms with Gasteiger partial charge in [-0.3, -0.25) is 0 Å². The smallest absolute Gasteiger partial charge is 0.166 e. The van der Waals surface area contributed by atoms with Crippen LogP contribution in [0.1, 0.15) is 45.4 Å². The molecule has 0 aliphatic heterocycles. The first-order valence-electron chi connectivity index (χ1n) is 4.61. The first-order chi connectivity index (χ1) is 5.81. The lowest BCUT2D eigenvalue weighted by Crippen LogP contribution is -1.95. The molecule has 0 unspecified atom stereocenters. The number of hydrogen-bond acceptors (Lipinski definition) is 2. The maximum Gasteiger partial charge on any atom is 0.166 e. The van der Waals surface area contributed by atoms with Crippen molar-refractivity contribution < 1.29 is 4.74 Å². The molecule has 0 amide bonds. The van der Waals surface area contributed by atoms with Crippen LogP contribution in [0.5, 0.6) is 0 Å². The molecule has 0 aliphatic rings. The third-order valence-corrected chi connectivity index (χ3v) is 2.00. The molecule has 0 aromatic rings. The van der Waals surface area contributed by atoms with Crippen LogP contribution in [0, 0.1) is 0 Å².